The van der Waals surface area contributed by atoms with Crippen LogP contribution in [-0.2, 0) is 27.1 Å². The Morgan fingerprint density at radius 2 is 1.59 bits per heavy atom. The third kappa shape index (κ3) is 6.70. The third-order valence-corrected chi connectivity index (χ3v) is 3.79. The average molecular weight is 403 g/mol. The highest BCUT2D eigenvalue weighted by molar-refractivity contribution is 5.99. The van der Waals surface area contributed by atoms with E-state index >= 15 is 0 Å². The van der Waals surface area contributed by atoms with Gasteiger partial charge in [-0.3, -0.25) is 4.79 Å². The number of hydrogen-bond donors (Lipinski definition) is 1. The number of carbonyl (C=O) groups is 3. The van der Waals surface area contributed by atoms with Gasteiger partial charge in [0.2, 0.25) is 11.8 Å². The molecule has 0 radical (unpaired) electrons. The molecule has 0 atom stereocenters. The summed E-state index contributed by atoms with van der Waals surface area (Å²) in [5.41, 5.74) is 0.587. The van der Waals surface area contributed by atoms with Crippen LogP contribution >= 0.6 is 0 Å². The molecule has 1 aromatic carbocycles. The molecule has 29 heavy (non-hydrogen) atoms. The third-order valence-electron chi connectivity index (χ3n) is 3.79. The first-order valence-electron chi connectivity index (χ1n) is 9.57. The van der Waals surface area contributed by atoms with Crippen LogP contribution in [0.1, 0.15) is 66.0 Å². The van der Waals surface area contributed by atoms with E-state index < -0.39 is 11.9 Å². The first kappa shape index (κ1) is 22.1. The molecule has 2 aromatic rings. The van der Waals surface area contributed by atoms with E-state index in [0.29, 0.717) is 23.8 Å². The largest absolute Gasteiger partial charge is 0.462 e. The Bertz CT molecular complexity index is 825. The van der Waals surface area contributed by atoms with Crippen LogP contribution in [0, 0.1) is 0 Å². The minimum atomic E-state index is -0.594. The second-order valence-corrected chi connectivity index (χ2v) is 6.14. The number of aromatic nitrogens is 2. The first-order chi connectivity index (χ1) is 14.0. The predicted octanol–water partition coefficient (Wildman–Crippen LogP) is 2.95. The van der Waals surface area contributed by atoms with Crippen molar-refractivity contribution in [2.75, 3.05) is 18.5 Å². The highest BCUT2D eigenvalue weighted by Crippen LogP contribution is 2.18. The van der Waals surface area contributed by atoms with Gasteiger partial charge in [0.15, 0.2) is 5.82 Å². The summed E-state index contributed by atoms with van der Waals surface area (Å²) < 4.78 is 15.1. The molecule has 0 aliphatic rings. The predicted molar refractivity (Wildman–Crippen MR) is 104 cm³/mol. The highest BCUT2D eigenvalue weighted by Gasteiger charge is 2.16. The quantitative estimate of drug-likeness (QED) is 0.601. The van der Waals surface area contributed by atoms with Gasteiger partial charge in [-0.2, -0.15) is 4.98 Å². The molecule has 1 N–H and O–H groups in total. The van der Waals surface area contributed by atoms with Crippen molar-refractivity contribution in [2.24, 2.45) is 0 Å². The molecule has 0 unspecified atom stereocenters. The lowest BCUT2D eigenvalue weighted by Gasteiger charge is -2.10. The Morgan fingerprint density at radius 1 is 0.966 bits per heavy atom. The van der Waals surface area contributed by atoms with E-state index in [9.17, 15) is 14.4 Å². The fourth-order valence-corrected chi connectivity index (χ4v) is 2.53. The van der Waals surface area contributed by atoms with Gasteiger partial charge in [0.1, 0.15) is 0 Å². The van der Waals surface area contributed by atoms with Gasteiger partial charge in [-0.25, -0.2) is 9.59 Å². The van der Waals surface area contributed by atoms with Crippen molar-refractivity contribution < 1.29 is 28.4 Å². The Kier molecular flexibility index (Phi) is 8.32. The van der Waals surface area contributed by atoms with Crippen LogP contribution < -0.4 is 5.32 Å². The Balaban J connectivity index is 2.09. The lowest BCUT2D eigenvalue weighted by atomic mass is 10.1. The molecule has 9 nitrogen and oxygen atoms in total. The molecule has 9 heteroatoms. The number of carbonyl (C=O) groups excluding carboxylic acids is 3. The number of benzene rings is 1. The Hall–Kier alpha value is -3.23. The maximum Gasteiger partial charge on any atom is 0.338 e. The van der Waals surface area contributed by atoms with E-state index in [1.54, 1.807) is 13.8 Å². The van der Waals surface area contributed by atoms with Gasteiger partial charge in [0, 0.05) is 24.9 Å². The molecule has 1 heterocycles. The number of nitrogens with zero attached hydrogens (tertiary/aromatic N) is 2. The van der Waals surface area contributed by atoms with Gasteiger partial charge in [-0.05, 0) is 38.5 Å². The van der Waals surface area contributed by atoms with Gasteiger partial charge in [-0.1, -0.05) is 12.1 Å². The van der Waals surface area contributed by atoms with Crippen molar-refractivity contribution in [2.45, 2.75) is 46.5 Å². The van der Waals surface area contributed by atoms with Crippen molar-refractivity contribution in [3.05, 3.63) is 41.0 Å². The summed E-state index contributed by atoms with van der Waals surface area (Å²) in [5.74, 6) is -0.511. The van der Waals surface area contributed by atoms with Crippen molar-refractivity contribution in [3.8, 4) is 0 Å². The van der Waals surface area contributed by atoms with Crippen LogP contribution in [0.5, 0.6) is 0 Å². The molecule has 0 aliphatic heterocycles. The number of nitrogens with one attached hydrogen (secondary N) is 1. The monoisotopic (exact) mass is 403 g/mol. The number of rotatable bonds is 10. The molecule has 2 rings (SSSR count). The normalized spacial score (nSPS) is 10.4. The summed E-state index contributed by atoms with van der Waals surface area (Å²) >= 11 is 0. The van der Waals surface area contributed by atoms with Gasteiger partial charge < -0.3 is 19.3 Å². The van der Waals surface area contributed by atoms with E-state index in [1.165, 1.54) is 18.2 Å². The van der Waals surface area contributed by atoms with Gasteiger partial charge in [0.25, 0.3) is 0 Å². The number of hydrogen-bond acceptors (Lipinski definition) is 8. The molecule has 0 fully saturated rings. The van der Waals surface area contributed by atoms with Crippen LogP contribution in [0.3, 0.4) is 0 Å². The zero-order chi connectivity index (χ0) is 21.2. The summed E-state index contributed by atoms with van der Waals surface area (Å²) in [6.07, 6.45) is 2.00. The molecule has 0 bridgehead atoms. The van der Waals surface area contributed by atoms with Gasteiger partial charge in [0.05, 0.1) is 24.3 Å². The summed E-state index contributed by atoms with van der Waals surface area (Å²) in [7, 11) is 0. The molecule has 0 spiro atoms. The molecule has 1 aromatic heterocycles. The Labute approximate surface area is 168 Å². The van der Waals surface area contributed by atoms with Gasteiger partial charge >= 0.3 is 11.9 Å². The highest BCUT2D eigenvalue weighted by atomic mass is 16.5. The molecular formula is C20H25N3O6. The number of anilines is 1. The molecule has 0 aliphatic carbocycles. The number of ether oxygens (including phenoxy) is 2. The Morgan fingerprint density at radius 3 is 2.14 bits per heavy atom. The minimum absolute atomic E-state index is 0.103. The average Bonchev–Trinajstić information content (AvgIpc) is 3.14. The molecule has 0 saturated carbocycles. The summed E-state index contributed by atoms with van der Waals surface area (Å²) in [4.78, 5) is 40.6. The maximum atomic E-state index is 12.3. The molecule has 1 amide bonds. The van der Waals surface area contributed by atoms with E-state index in [-0.39, 0.29) is 43.1 Å². The number of aryl methyl sites for hydroxylation is 2. The van der Waals surface area contributed by atoms with Crippen molar-refractivity contribution in [3.63, 3.8) is 0 Å². The lowest BCUT2D eigenvalue weighted by molar-refractivity contribution is -0.116. The van der Waals surface area contributed by atoms with E-state index in [1.807, 2.05) is 6.92 Å². The van der Waals surface area contributed by atoms with E-state index in [0.717, 1.165) is 6.42 Å². The van der Waals surface area contributed by atoms with Crippen molar-refractivity contribution >= 4 is 23.5 Å². The number of amides is 1. The second kappa shape index (κ2) is 10.9. The summed E-state index contributed by atoms with van der Waals surface area (Å²) in [6.45, 7) is 5.75. The summed E-state index contributed by atoms with van der Waals surface area (Å²) in [5, 5.41) is 6.52. The second-order valence-electron chi connectivity index (χ2n) is 6.14. The van der Waals surface area contributed by atoms with Crippen LogP contribution in [0.15, 0.2) is 22.7 Å². The zero-order valence-electron chi connectivity index (χ0n) is 16.8. The fourth-order valence-electron chi connectivity index (χ4n) is 2.53. The SMILES string of the molecule is CCCc1noc(CCC(=O)Nc2cc(C(=O)OCC)cc(C(=O)OCC)c2)n1. The topological polar surface area (TPSA) is 121 Å². The lowest BCUT2D eigenvalue weighted by Crippen LogP contribution is -2.15. The minimum Gasteiger partial charge on any atom is -0.462 e. The zero-order valence-corrected chi connectivity index (χ0v) is 16.8. The van der Waals surface area contributed by atoms with E-state index in [4.69, 9.17) is 14.0 Å². The van der Waals surface area contributed by atoms with Gasteiger partial charge in [-0.15, -0.1) is 0 Å². The standard InChI is InChI=1S/C20H25N3O6/c1-4-7-16-22-18(29-23-16)9-8-17(24)21-15-11-13(19(25)27-5-2)10-14(12-15)20(26)28-6-3/h10-12H,4-9H2,1-3H3,(H,21,24). The van der Waals surface area contributed by atoms with E-state index in [2.05, 4.69) is 15.5 Å². The van der Waals surface area contributed by atoms with Crippen LogP contribution in [0.4, 0.5) is 5.69 Å². The first-order valence-corrected chi connectivity index (χ1v) is 9.57. The van der Waals surface area contributed by atoms with Crippen LogP contribution in [0.2, 0.25) is 0 Å². The van der Waals surface area contributed by atoms with Crippen LogP contribution in [0.25, 0.3) is 0 Å². The van der Waals surface area contributed by atoms with Crippen molar-refractivity contribution in [1.29, 1.82) is 0 Å². The number of esters is 2. The van der Waals surface area contributed by atoms with Crippen LogP contribution in [-0.4, -0.2) is 41.2 Å². The molecular weight excluding hydrogens is 378 g/mol. The summed E-state index contributed by atoms with van der Waals surface area (Å²) in [6, 6.07) is 4.27. The molecule has 0 saturated heterocycles. The maximum absolute atomic E-state index is 12.3. The molecule has 156 valence electrons. The fraction of sp³-hybridized carbons (Fsp3) is 0.450. The van der Waals surface area contributed by atoms with Crippen molar-refractivity contribution in [1.82, 2.24) is 10.1 Å². The smallest absolute Gasteiger partial charge is 0.338 e.